The van der Waals surface area contributed by atoms with Crippen LogP contribution in [0.2, 0.25) is 0 Å². The lowest BCUT2D eigenvalue weighted by molar-refractivity contribution is -0.150. The minimum Gasteiger partial charge on any atom is -0.462 e. The standard InChI is InChI=1S/C16H23N3O5/c1-3-13(17)14(21)19-12(9-20)8-10-4-6-11(7-5-10)18-15(22)16(23)24-2/h4-7,12-13,20H,3,8-9,17H2,1-2H3,(H,18,22)(H,19,21)/t12-,13-/m0/s1. The number of methoxy groups -OCH3 is 1. The second kappa shape index (κ2) is 9.64. The molecule has 0 aliphatic carbocycles. The number of esters is 1. The van der Waals surface area contributed by atoms with Gasteiger partial charge in [0, 0.05) is 5.69 Å². The molecule has 0 radical (unpaired) electrons. The molecule has 0 fully saturated rings. The molecule has 0 saturated heterocycles. The molecule has 0 aliphatic heterocycles. The monoisotopic (exact) mass is 337 g/mol. The summed E-state index contributed by atoms with van der Waals surface area (Å²) in [5.74, 6) is -2.15. The lowest BCUT2D eigenvalue weighted by Gasteiger charge is -2.19. The highest BCUT2D eigenvalue weighted by Crippen LogP contribution is 2.11. The van der Waals surface area contributed by atoms with Crippen molar-refractivity contribution in [3.05, 3.63) is 29.8 Å². The summed E-state index contributed by atoms with van der Waals surface area (Å²) in [6.07, 6.45) is 0.919. The normalized spacial score (nSPS) is 12.8. The van der Waals surface area contributed by atoms with Crippen molar-refractivity contribution in [1.82, 2.24) is 5.32 Å². The Balaban J connectivity index is 2.63. The summed E-state index contributed by atoms with van der Waals surface area (Å²) in [7, 11) is 1.12. The zero-order valence-corrected chi connectivity index (χ0v) is 13.7. The lowest BCUT2D eigenvalue weighted by Crippen LogP contribution is -2.47. The summed E-state index contributed by atoms with van der Waals surface area (Å²) in [4.78, 5) is 34.2. The average Bonchev–Trinajstić information content (AvgIpc) is 2.60. The van der Waals surface area contributed by atoms with Gasteiger partial charge in [-0.2, -0.15) is 0 Å². The van der Waals surface area contributed by atoms with Gasteiger partial charge in [0.2, 0.25) is 5.91 Å². The van der Waals surface area contributed by atoms with Crippen LogP contribution < -0.4 is 16.4 Å². The summed E-state index contributed by atoms with van der Waals surface area (Å²) in [6, 6.07) is 5.62. The molecule has 0 aliphatic rings. The summed E-state index contributed by atoms with van der Waals surface area (Å²) in [5.41, 5.74) is 6.92. The molecule has 0 heterocycles. The number of aliphatic hydroxyl groups excluding tert-OH is 1. The Bertz CT molecular complexity index is 574. The molecule has 0 bridgehead atoms. The number of ether oxygens (including phenoxy) is 1. The molecule has 2 atom stereocenters. The van der Waals surface area contributed by atoms with Gasteiger partial charge in [-0.05, 0) is 30.5 Å². The van der Waals surface area contributed by atoms with Crippen molar-refractivity contribution in [1.29, 1.82) is 0 Å². The summed E-state index contributed by atoms with van der Waals surface area (Å²) in [6.45, 7) is 1.59. The van der Waals surface area contributed by atoms with E-state index in [1.165, 1.54) is 0 Å². The van der Waals surface area contributed by atoms with Gasteiger partial charge in [0.05, 0.1) is 25.8 Å². The zero-order valence-electron chi connectivity index (χ0n) is 13.7. The summed E-state index contributed by atoms with van der Waals surface area (Å²) < 4.78 is 4.31. The predicted molar refractivity (Wildman–Crippen MR) is 88.1 cm³/mol. The van der Waals surface area contributed by atoms with Crippen molar-refractivity contribution >= 4 is 23.5 Å². The second-order valence-electron chi connectivity index (χ2n) is 5.25. The van der Waals surface area contributed by atoms with E-state index in [1.807, 2.05) is 0 Å². The molecule has 1 rings (SSSR count). The Hall–Kier alpha value is -2.45. The number of anilines is 1. The van der Waals surface area contributed by atoms with E-state index in [1.54, 1.807) is 31.2 Å². The van der Waals surface area contributed by atoms with Crippen molar-refractivity contribution in [3.8, 4) is 0 Å². The smallest absolute Gasteiger partial charge is 0.396 e. The Kier molecular flexibility index (Phi) is 7.87. The van der Waals surface area contributed by atoms with E-state index in [2.05, 4.69) is 15.4 Å². The fourth-order valence-electron chi connectivity index (χ4n) is 1.94. The van der Waals surface area contributed by atoms with E-state index in [0.717, 1.165) is 12.7 Å². The van der Waals surface area contributed by atoms with Gasteiger partial charge in [0.25, 0.3) is 0 Å². The molecule has 0 unspecified atom stereocenters. The van der Waals surface area contributed by atoms with Crippen LogP contribution in [0.1, 0.15) is 18.9 Å². The topological polar surface area (TPSA) is 131 Å². The Labute approximate surface area is 140 Å². The van der Waals surface area contributed by atoms with Crippen LogP contribution in [0.25, 0.3) is 0 Å². The van der Waals surface area contributed by atoms with Gasteiger partial charge in [-0.25, -0.2) is 4.79 Å². The van der Waals surface area contributed by atoms with Crippen LogP contribution in [0, 0.1) is 0 Å². The highest BCUT2D eigenvalue weighted by molar-refractivity contribution is 6.37. The molecule has 132 valence electrons. The molecular formula is C16H23N3O5. The number of carbonyl (C=O) groups is 3. The molecule has 0 aromatic heterocycles. The highest BCUT2D eigenvalue weighted by atomic mass is 16.5. The minimum absolute atomic E-state index is 0.219. The minimum atomic E-state index is -0.977. The predicted octanol–water partition coefficient (Wildman–Crippen LogP) is -0.445. The number of amides is 2. The molecule has 8 heteroatoms. The molecule has 0 spiro atoms. The first-order valence-electron chi connectivity index (χ1n) is 7.56. The fourth-order valence-corrected chi connectivity index (χ4v) is 1.94. The third-order valence-electron chi connectivity index (χ3n) is 3.41. The number of nitrogens with one attached hydrogen (secondary N) is 2. The van der Waals surface area contributed by atoms with E-state index < -0.39 is 24.0 Å². The maximum atomic E-state index is 11.8. The van der Waals surface area contributed by atoms with Gasteiger partial charge in [0.1, 0.15) is 0 Å². The summed E-state index contributed by atoms with van der Waals surface area (Å²) in [5, 5.41) is 14.5. The van der Waals surface area contributed by atoms with E-state index >= 15 is 0 Å². The molecule has 5 N–H and O–H groups in total. The van der Waals surface area contributed by atoms with Gasteiger partial charge in [0.15, 0.2) is 0 Å². The molecule has 1 aromatic carbocycles. The number of carbonyl (C=O) groups excluding carboxylic acids is 3. The van der Waals surface area contributed by atoms with Crippen LogP contribution in [0.4, 0.5) is 5.69 Å². The van der Waals surface area contributed by atoms with Crippen LogP contribution in [0.5, 0.6) is 0 Å². The maximum absolute atomic E-state index is 11.8. The fraction of sp³-hybridized carbons (Fsp3) is 0.438. The second-order valence-corrected chi connectivity index (χ2v) is 5.25. The first-order valence-corrected chi connectivity index (χ1v) is 7.56. The largest absolute Gasteiger partial charge is 0.462 e. The third-order valence-corrected chi connectivity index (χ3v) is 3.41. The quantitative estimate of drug-likeness (QED) is 0.394. The van der Waals surface area contributed by atoms with E-state index in [0.29, 0.717) is 18.5 Å². The molecular weight excluding hydrogens is 314 g/mol. The van der Waals surface area contributed by atoms with E-state index in [9.17, 15) is 19.5 Å². The maximum Gasteiger partial charge on any atom is 0.396 e. The van der Waals surface area contributed by atoms with Crippen LogP contribution in [0.15, 0.2) is 24.3 Å². The van der Waals surface area contributed by atoms with Crippen LogP contribution in [-0.2, 0) is 25.5 Å². The third kappa shape index (κ3) is 5.98. The van der Waals surface area contributed by atoms with Crippen molar-refractivity contribution in [2.75, 3.05) is 19.0 Å². The number of benzene rings is 1. The van der Waals surface area contributed by atoms with Crippen molar-refractivity contribution in [2.24, 2.45) is 5.73 Å². The van der Waals surface area contributed by atoms with Gasteiger partial charge in [-0.15, -0.1) is 0 Å². The van der Waals surface area contributed by atoms with Gasteiger partial charge in [-0.3, -0.25) is 9.59 Å². The number of nitrogens with two attached hydrogens (primary N) is 1. The molecule has 1 aromatic rings. The molecule has 24 heavy (non-hydrogen) atoms. The van der Waals surface area contributed by atoms with Gasteiger partial charge in [-0.1, -0.05) is 19.1 Å². The number of aliphatic hydroxyl groups is 1. The first-order chi connectivity index (χ1) is 11.4. The van der Waals surface area contributed by atoms with Gasteiger partial charge < -0.3 is 26.2 Å². The lowest BCUT2D eigenvalue weighted by atomic mass is 10.1. The molecule has 0 saturated carbocycles. The molecule has 2 amide bonds. The van der Waals surface area contributed by atoms with E-state index in [4.69, 9.17) is 5.73 Å². The van der Waals surface area contributed by atoms with Crippen molar-refractivity contribution in [3.63, 3.8) is 0 Å². The van der Waals surface area contributed by atoms with E-state index in [-0.39, 0.29) is 12.5 Å². The molecule has 8 nitrogen and oxygen atoms in total. The SMILES string of the molecule is CC[C@H](N)C(=O)N[C@H](CO)Cc1ccc(NC(=O)C(=O)OC)cc1. The van der Waals surface area contributed by atoms with Crippen molar-refractivity contribution in [2.45, 2.75) is 31.8 Å². The van der Waals surface area contributed by atoms with Crippen LogP contribution in [0.3, 0.4) is 0 Å². The number of hydrogen-bond donors (Lipinski definition) is 4. The van der Waals surface area contributed by atoms with Crippen LogP contribution in [-0.4, -0.2) is 48.7 Å². The van der Waals surface area contributed by atoms with Crippen molar-refractivity contribution < 1.29 is 24.2 Å². The highest BCUT2D eigenvalue weighted by Gasteiger charge is 2.17. The number of rotatable bonds is 7. The summed E-state index contributed by atoms with van der Waals surface area (Å²) >= 11 is 0. The Morgan fingerprint density at radius 2 is 1.88 bits per heavy atom. The first kappa shape index (κ1) is 19.6. The zero-order chi connectivity index (χ0) is 18.1. The Morgan fingerprint density at radius 3 is 2.38 bits per heavy atom. The van der Waals surface area contributed by atoms with Gasteiger partial charge >= 0.3 is 11.9 Å². The number of hydrogen-bond acceptors (Lipinski definition) is 6. The van der Waals surface area contributed by atoms with Crippen LogP contribution >= 0.6 is 0 Å². The average molecular weight is 337 g/mol. The Morgan fingerprint density at radius 1 is 1.25 bits per heavy atom.